The third kappa shape index (κ3) is 4.32. The van der Waals surface area contributed by atoms with Gasteiger partial charge in [-0.1, -0.05) is 69.7 Å². The van der Waals surface area contributed by atoms with Gasteiger partial charge in [-0.15, -0.1) is 0 Å². The molecule has 1 aromatic rings. The molecule has 0 unspecified atom stereocenters. The summed E-state index contributed by atoms with van der Waals surface area (Å²) < 4.78 is 5.37. The first-order chi connectivity index (χ1) is 9.80. The van der Waals surface area contributed by atoms with Crippen molar-refractivity contribution in [2.45, 2.75) is 63.9 Å². The third-order valence-electron chi connectivity index (χ3n) is 4.30. The molecule has 1 aliphatic rings. The molecule has 1 N–H and O–H groups in total. The van der Waals surface area contributed by atoms with E-state index >= 15 is 0 Å². The Morgan fingerprint density at radius 2 is 1.60 bits per heavy atom. The van der Waals surface area contributed by atoms with Gasteiger partial charge in [0.2, 0.25) is 0 Å². The Morgan fingerprint density at radius 3 is 2.15 bits per heavy atom. The highest BCUT2D eigenvalue weighted by atomic mass is 16.6. The number of aliphatic hydroxyl groups is 1. The van der Waals surface area contributed by atoms with Gasteiger partial charge in [-0.2, -0.15) is 0 Å². The van der Waals surface area contributed by atoms with Crippen molar-refractivity contribution < 1.29 is 9.84 Å². The fraction of sp³-hybridized carbons (Fsp3) is 0.667. The van der Waals surface area contributed by atoms with E-state index in [0.717, 1.165) is 5.56 Å². The van der Waals surface area contributed by atoms with E-state index in [0.29, 0.717) is 6.61 Å². The van der Waals surface area contributed by atoms with Crippen LogP contribution in [0.3, 0.4) is 0 Å². The summed E-state index contributed by atoms with van der Waals surface area (Å²) in [6.07, 6.45) is 10.7. The molecule has 0 aromatic heterocycles. The van der Waals surface area contributed by atoms with Crippen molar-refractivity contribution in [1.82, 2.24) is 0 Å². The maximum absolute atomic E-state index is 9.32. The number of epoxide rings is 1. The van der Waals surface area contributed by atoms with Gasteiger partial charge in [0.1, 0.15) is 5.60 Å². The van der Waals surface area contributed by atoms with Gasteiger partial charge in [0.05, 0.1) is 13.2 Å². The van der Waals surface area contributed by atoms with Gasteiger partial charge in [-0.05, 0) is 24.0 Å². The summed E-state index contributed by atoms with van der Waals surface area (Å²) >= 11 is 0. The summed E-state index contributed by atoms with van der Waals surface area (Å²) in [5, 5.41) is 9.32. The molecular weight excluding hydrogens is 248 g/mol. The maximum Gasteiger partial charge on any atom is 0.139 e. The molecule has 0 radical (unpaired) electrons. The predicted octanol–water partition coefficient (Wildman–Crippen LogP) is 4.20. The average Bonchev–Trinajstić information content (AvgIpc) is 3.28. The molecule has 1 fully saturated rings. The van der Waals surface area contributed by atoms with Crippen molar-refractivity contribution >= 4 is 0 Å². The number of aliphatic hydroxyl groups excluding tert-OH is 1. The number of hydrogen-bond donors (Lipinski definition) is 1. The molecule has 1 saturated heterocycles. The minimum atomic E-state index is -0.377. The van der Waals surface area contributed by atoms with E-state index in [1.165, 1.54) is 56.9 Å². The number of rotatable bonds is 10. The monoisotopic (exact) mass is 276 g/mol. The number of ether oxygens (including phenoxy) is 1. The average molecular weight is 276 g/mol. The Balaban J connectivity index is 1.64. The highest BCUT2D eigenvalue weighted by Crippen LogP contribution is 2.38. The van der Waals surface area contributed by atoms with Crippen molar-refractivity contribution in [3.05, 3.63) is 35.4 Å². The topological polar surface area (TPSA) is 32.8 Å². The molecule has 0 aliphatic carbocycles. The van der Waals surface area contributed by atoms with Gasteiger partial charge in [0.15, 0.2) is 0 Å². The summed E-state index contributed by atoms with van der Waals surface area (Å²) in [6, 6.07) is 8.59. The summed E-state index contributed by atoms with van der Waals surface area (Å²) in [6.45, 7) is 3.00. The van der Waals surface area contributed by atoms with E-state index in [9.17, 15) is 5.11 Å². The number of aryl methyl sites for hydroxylation is 1. The highest BCUT2D eigenvalue weighted by Gasteiger charge is 2.45. The van der Waals surface area contributed by atoms with Crippen LogP contribution in [0.5, 0.6) is 0 Å². The smallest absolute Gasteiger partial charge is 0.139 e. The molecule has 1 atom stereocenters. The molecule has 20 heavy (non-hydrogen) atoms. The van der Waals surface area contributed by atoms with Crippen molar-refractivity contribution in [2.75, 3.05) is 13.2 Å². The zero-order valence-corrected chi connectivity index (χ0v) is 12.7. The molecule has 1 aliphatic heterocycles. The quantitative estimate of drug-likeness (QED) is 0.513. The molecule has 2 nitrogen and oxygen atoms in total. The van der Waals surface area contributed by atoms with Crippen LogP contribution in [0.2, 0.25) is 0 Å². The second-order valence-electron chi connectivity index (χ2n) is 6.01. The zero-order chi connectivity index (χ0) is 14.3. The van der Waals surface area contributed by atoms with Crippen LogP contribution in [-0.2, 0) is 16.8 Å². The van der Waals surface area contributed by atoms with E-state index in [-0.39, 0.29) is 12.2 Å². The fourth-order valence-electron chi connectivity index (χ4n) is 2.70. The first-order valence-corrected chi connectivity index (χ1v) is 8.15. The van der Waals surface area contributed by atoms with E-state index in [1.807, 2.05) is 0 Å². The second-order valence-corrected chi connectivity index (χ2v) is 6.01. The van der Waals surface area contributed by atoms with E-state index in [1.54, 1.807) is 0 Å². The Bertz CT molecular complexity index is 379. The van der Waals surface area contributed by atoms with Gasteiger partial charge in [-0.3, -0.25) is 0 Å². The summed E-state index contributed by atoms with van der Waals surface area (Å²) in [7, 11) is 0. The van der Waals surface area contributed by atoms with Gasteiger partial charge in [-0.25, -0.2) is 0 Å². The molecule has 2 heteroatoms. The Labute approximate surface area is 123 Å². The Hall–Kier alpha value is -0.860. The van der Waals surface area contributed by atoms with Crippen LogP contribution in [-0.4, -0.2) is 18.3 Å². The van der Waals surface area contributed by atoms with Crippen LogP contribution in [0, 0.1) is 0 Å². The lowest BCUT2D eigenvalue weighted by Crippen LogP contribution is -2.13. The molecule has 1 heterocycles. The number of benzene rings is 1. The van der Waals surface area contributed by atoms with Crippen LogP contribution in [0.1, 0.15) is 63.0 Å². The van der Waals surface area contributed by atoms with Gasteiger partial charge in [0, 0.05) is 0 Å². The van der Waals surface area contributed by atoms with Crippen LogP contribution in [0.4, 0.5) is 0 Å². The van der Waals surface area contributed by atoms with E-state index in [2.05, 4.69) is 31.2 Å². The molecule has 0 saturated carbocycles. The summed E-state index contributed by atoms with van der Waals surface area (Å²) in [5.41, 5.74) is 2.14. The largest absolute Gasteiger partial charge is 0.393 e. The SMILES string of the molecule is CCCCCCCCCc1ccc([C@@]2(CO)CO2)cc1. The van der Waals surface area contributed by atoms with Crippen LogP contribution < -0.4 is 0 Å². The van der Waals surface area contributed by atoms with E-state index in [4.69, 9.17) is 4.74 Å². The van der Waals surface area contributed by atoms with Crippen LogP contribution in [0.15, 0.2) is 24.3 Å². The van der Waals surface area contributed by atoms with Crippen molar-refractivity contribution in [2.24, 2.45) is 0 Å². The molecule has 0 bridgehead atoms. The summed E-state index contributed by atoms with van der Waals surface area (Å²) in [4.78, 5) is 0. The van der Waals surface area contributed by atoms with Crippen molar-refractivity contribution in [1.29, 1.82) is 0 Å². The normalized spacial score (nSPS) is 21.1. The maximum atomic E-state index is 9.32. The van der Waals surface area contributed by atoms with Crippen LogP contribution in [0.25, 0.3) is 0 Å². The zero-order valence-electron chi connectivity index (χ0n) is 12.7. The van der Waals surface area contributed by atoms with Crippen LogP contribution >= 0.6 is 0 Å². The first kappa shape index (κ1) is 15.5. The van der Waals surface area contributed by atoms with Gasteiger partial charge < -0.3 is 9.84 Å². The minimum Gasteiger partial charge on any atom is -0.393 e. The lowest BCUT2D eigenvalue weighted by atomic mass is 9.98. The highest BCUT2D eigenvalue weighted by molar-refractivity contribution is 5.30. The van der Waals surface area contributed by atoms with Gasteiger partial charge in [0.25, 0.3) is 0 Å². The second kappa shape index (κ2) is 7.80. The Morgan fingerprint density at radius 1 is 1.00 bits per heavy atom. The summed E-state index contributed by atoms with van der Waals surface area (Å²) in [5.74, 6) is 0. The van der Waals surface area contributed by atoms with Crippen molar-refractivity contribution in [3.8, 4) is 0 Å². The standard InChI is InChI=1S/C18H28O2/c1-2-3-4-5-6-7-8-9-16-10-12-17(13-11-16)18(14-19)15-20-18/h10-13,19H,2-9,14-15H2,1H3/t18-/m1/s1. The molecule has 1 aromatic carbocycles. The lowest BCUT2D eigenvalue weighted by Gasteiger charge is -2.09. The fourth-order valence-corrected chi connectivity index (χ4v) is 2.70. The first-order valence-electron chi connectivity index (χ1n) is 8.15. The Kier molecular flexibility index (Phi) is 6.06. The third-order valence-corrected chi connectivity index (χ3v) is 4.30. The molecular formula is C18H28O2. The molecule has 112 valence electrons. The molecule has 0 amide bonds. The van der Waals surface area contributed by atoms with Gasteiger partial charge >= 0.3 is 0 Å². The van der Waals surface area contributed by atoms with Crippen molar-refractivity contribution in [3.63, 3.8) is 0 Å². The molecule has 0 spiro atoms. The predicted molar refractivity (Wildman–Crippen MR) is 82.9 cm³/mol. The molecule has 2 rings (SSSR count). The van der Waals surface area contributed by atoms with E-state index < -0.39 is 0 Å². The minimum absolute atomic E-state index is 0.0874. The number of hydrogen-bond acceptors (Lipinski definition) is 2. The lowest BCUT2D eigenvalue weighted by molar-refractivity contribution is 0.172. The number of unbranched alkanes of at least 4 members (excludes halogenated alkanes) is 6.